The number of hydrogen-bond acceptors (Lipinski definition) is 4. The average molecular weight is 358 g/mol. The SMILES string of the molecule is CCN(c1ncc(I)cn1)C1CC2CCC(C1)N2. The Balaban J connectivity index is 1.77. The van der Waals surface area contributed by atoms with Crippen LogP contribution >= 0.6 is 22.6 Å². The summed E-state index contributed by atoms with van der Waals surface area (Å²) in [5, 5.41) is 3.69. The van der Waals surface area contributed by atoms with Gasteiger partial charge in [-0.05, 0) is 55.2 Å². The summed E-state index contributed by atoms with van der Waals surface area (Å²) in [7, 11) is 0. The third kappa shape index (κ3) is 2.47. The number of halogens is 1. The second-order valence-corrected chi connectivity index (χ2v) is 6.50. The fourth-order valence-corrected chi connectivity index (χ4v) is 3.58. The highest BCUT2D eigenvalue weighted by Gasteiger charge is 2.36. The van der Waals surface area contributed by atoms with E-state index in [0.29, 0.717) is 18.1 Å². The first-order valence-electron chi connectivity index (χ1n) is 6.76. The first kappa shape index (κ1) is 12.6. The van der Waals surface area contributed by atoms with E-state index in [1.54, 1.807) is 0 Å². The van der Waals surface area contributed by atoms with Crippen molar-refractivity contribution in [1.29, 1.82) is 0 Å². The normalized spacial score (nSPS) is 30.4. The van der Waals surface area contributed by atoms with Crippen LogP contribution in [0.3, 0.4) is 0 Å². The lowest BCUT2D eigenvalue weighted by atomic mass is 9.98. The predicted molar refractivity (Wildman–Crippen MR) is 80.7 cm³/mol. The molecule has 0 aliphatic carbocycles. The van der Waals surface area contributed by atoms with Crippen molar-refractivity contribution in [3.63, 3.8) is 0 Å². The number of aromatic nitrogens is 2. The van der Waals surface area contributed by atoms with E-state index >= 15 is 0 Å². The Morgan fingerprint density at radius 2 is 1.89 bits per heavy atom. The first-order valence-corrected chi connectivity index (χ1v) is 7.84. The van der Waals surface area contributed by atoms with Crippen LogP contribution in [0.4, 0.5) is 5.95 Å². The second kappa shape index (κ2) is 5.28. The Kier molecular flexibility index (Phi) is 3.70. The summed E-state index contributed by atoms with van der Waals surface area (Å²) in [5.74, 6) is 0.893. The van der Waals surface area contributed by atoms with Gasteiger partial charge in [0.05, 0.1) is 0 Å². The minimum absolute atomic E-state index is 0.605. The minimum Gasteiger partial charge on any atom is -0.338 e. The maximum Gasteiger partial charge on any atom is 0.225 e. The molecular weight excluding hydrogens is 339 g/mol. The van der Waals surface area contributed by atoms with Gasteiger partial charge in [-0.3, -0.25) is 0 Å². The second-order valence-electron chi connectivity index (χ2n) is 5.25. The van der Waals surface area contributed by atoms with Gasteiger partial charge in [0.1, 0.15) is 0 Å². The lowest BCUT2D eigenvalue weighted by molar-refractivity contribution is 0.346. The zero-order valence-electron chi connectivity index (χ0n) is 10.6. The summed E-state index contributed by atoms with van der Waals surface area (Å²) in [6, 6.07) is 2.03. The first-order chi connectivity index (χ1) is 8.76. The Hall–Kier alpha value is -0.430. The number of rotatable bonds is 3. The average Bonchev–Trinajstić information content (AvgIpc) is 2.72. The molecule has 2 aliphatic rings. The van der Waals surface area contributed by atoms with Crippen LogP contribution < -0.4 is 10.2 Å². The summed E-state index contributed by atoms with van der Waals surface area (Å²) in [4.78, 5) is 11.3. The summed E-state index contributed by atoms with van der Waals surface area (Å²) in [6.45, 7) is 3.19. The summed E-state index contributed by atoms with van der Waals surface area (Å²) < 4.78 is 1.10. The van der Waals surface area contributed by atoms with Crippen molar-refractivity contribution in [1.82, 2.24) is 15.3 Å². The summed E-state index contributed by atoms with van der Waals surface area (Å²) >= 11 is 2.25. The number of fused-ring (bicyclic) bond motifs is 2. The highest BCUT2D eigenvalue weighted by molar-refractivity contribution is 14.1. The number of anilines is 1. The van der Waals surface area contributed by atoms with Crippen molar-refractivity contribution in [3.05, 3.63) is 16.0 Å². The molecule has 1 aromatic rings. The third-order valence-electron chi connectivity index (χ3n) is 4.09. The molecule has 2 unspecified atom stereocenters. The van der Waals surface area contributed by atoms with Crippen LogP contribution in [0, 0.1) is 3.57 Å². The van der Waals surface area contributed by atoms with Crippen LogP contribution in [0.2, 0.25) is 0 Å². The standard InChI is InChI=1S/C13H19IN4/c1-2-18(13-15-7-9(14)8-16-13)12-5-10-3-4-11(6-12)17-10/h7-8,10-12,17H,2-6H2,1H3. The molecule has 1 aromatic heterocycles. The van der Waals surface area contributed by atoms with Crippen LogP contribution in [0.25, 0.3) is 0 Å². The Morgan fingerprint density at radius 3 is 2.44 bits per heavy atom. The largest absolute Gasteiger partial charge is 0.338 e. The van der Waals surface area contributed by atoms with Crippen LogP contribution in [0.15, 0.2) is 12.4 Å². The zero-order valence-corrected chi connectivity index (χ0v) is 12.8. The summed E-state index contributed by atoms with van der Waals surface area (Å²) in [6.07, 6.45) is 8.96. The van der Waals surface area contributed by atoms with E-state index < -0.39 is 0 Å². The molecule has 5 heteroatoms. The van der Waals surface area contributed by atoms with Crippen molar-refractivity contribution in [2.24, 2.45) is 0 Å². The van der Waals surface area contributed by atoms with E-state index in [-0.39, 0.29) is 0 Å². The quantitative estimate of drug-likeness (QED) is 0.842. The monoisotopic (exact) mass is 358 g/mol. The van der Waals surface area contributed by atoms with Gasteiger partial charge in [-0.2, -0.15) is 0 Å². The van der Waals surface area contributed by atoms with E-state index in [1.165, 1.54) is 25.7 Å². The van der Waals surface area contributed by atoms with E-state index in [4.69, 9.17) is 0 Å². The van der Waals surface area contributed by atoms with Gasteiger partial charge in [-0.1, -0.05) is 0 Å². The molecule has 4 nitrogen and oxygen atoms in total. The number of nitrogens with one attached hydrogen (secondary N) is 1. The van der Waals surface area contributed by atoms with Crippen LogP contribution in [-0.2, 0) is 0 Å². The predicted octanol–water partition coefficient (Wildman–Crippen LogP) is 2.19. The van der Waals surface area contributed by atoms with Crippen LogP contribution in [0.5, 0.6) is 0 Å². The van der Waals surface area contributed by atoms with Crippen molar-refractivity contribution in [3.8, 4) is 0 Å². The van der Waals surface area contributed by atoms with Gasteiger partial charge in [-0.15, -0.1) is 0 Å². The van der Waals surface area contributed by atoms with Gasteiger partial charge >= 0.3 is 0 Å². The number of hydrogen-bond donors (Lipinski definition) is 1. The van der Waals surface area contributed by atoms with Crippen LogP contribution in [-0.4, -0.2) is 34.6 Å². The lowest BCUT2D eigenvalue weighted by Gasteiger charge is -2.37. The molecule has 0 radical (unpaired) electrons. The Bertz CT molecular complexity index is 396. The minimum atomic E-state index is 0.605. The van der Waals surface area contributed by atoms with E-state index in [2.05, 4.69) is 49.7 Å². The molecule has 0 spiro atoms. The molecule has 0 saturated carbocycles. The molecule has 1 N–H and O–H groups in total. The van der Waals surface area contributed by atoms with Crippen LogP contribution in [0.1, 0.15) is 32.6 Å². The van der Waals surface area contributed by atoms with E-state index in [0.717, 1.165) is 16.1 Å². The lowest BCUT2D eigenvalue weighted by Crippen LogP contribution is -2.48. The molecule has 0 aromatic carbocycles. The Labute approximate surface area is 122 Å². The van der Waals surface area contributed by atoms with E-state index in [1.807, 2.05) is 12.4 Å². The highest BCUT2D eigenvalue weighted by Crippen LogP contribution is 2.30. The topological polar surface area (TPSA) is 41.1 Å². The molecule has 2 aliphatic heterocycles. The maximum absolute atomic E-state index is 4.48. The fourth-order valence-electron chi connectivity index (χ4n) is 3.30. The highest BCUT2D eigenvalue weighted by atomic mass is 127. The molecule has 18 heavy (non-hydrogen) atoms. The molecule has 2 saturated heterocycles. The fraction of sp³-hybridized carbons (Fsp3) is 0.692. The van der Waals surface area contributed by atoms with Crippen molar-refractivity contribution in [2.75, 3.05) is 11.4 Å². The van der Waals surface area contributed by atoms with Gasteiger partial charge in [0.2, 0.25) is 5.95 Å². The molecule has 0 amide bonds. The van der Waals surface area contributed by atoms with Gasteiger partial charge in [-0.25, -0.2) is 9.97 Å². The smallest absolute Gasteiger partial charge is 0.225 e. The van der Waals surface area contributed by atoms with E-state index in [9.17, 15) is 0 Å². The number of nitrogens with zero attached hydrogens (tertiary/aromatic N) is 3. The van der Waals surface area contributed by atoms with Crippen molar-refractivity contribution in [2.45, 2.75) is 50.7 Å². The van der Waals surface area contributed by atoms with Crippen molar-refractivity contribution >= 4 is 28.5 Å². The van der Waals surface area contributed by atoms with Gasteiger partial charge in [0.25, 0.3) is 0 Å². The molecule has 2 atom stereocenters. The van der Waals surface area contributed by atoms with Gasteiger partial charge in [0, 0.05) is 40.6 Å². The van der Waals surface area contributed by atoms with Crippen molar-refractivity contribution < 1.29 is 0 Å². The molecule has 2 bridgehead atoms. The summed E-state index contributed by atoms with van der Waals surface area (Å²) in [5.41, 5.74) is 0. The third-order valence-corrected chi connectivity index (χ3v) is 4.65. The molecular formula is C13H19IN4. The Morgan fingerprint density at radius 1 is 1.28 bits per heavy atom. The molecule has 3 rings (SSSR count). The maximum atomic E-state index is 4.48. The molecule has 3 heterocycles. The number of piperidine rings is 1. The zero-order chi connectivity index (χ0) is 12.5. The van der Waals surface area contributed by atoms with Gasteiger partial charge < -0.3 is 10.2 Å². The molecule has 98 valence electrons. The van der Waals surface area contributed by atoms with Gasteiger partial charge in [0.15, 0.2) is 0 Å². The molecule has 2 fully saturated rings.